The highest BCUT2D eigenvalue weighted by Gasteiger charge is 2.19. The van der Waals surface area contributed by atoms with Gasteiger partial charge in [0.25, 0.3) is 0 Å². The Bertz CT molecular complexity index is 396. The van der Waals surface area contributed by atoms with Crippen LogP contribution in [0.4, 0.5) is 5.82 Å². The van der Waals surface area contributed by atoms with Crippen LogP contribution in [0.1, 0.15) is 29.6 Å². The molecule has 2 heterocycles. The Morgan fingerprint density at radius 2 is 2.11 bits per heavy atom. The SMILES string of the molecule is NCCC1CCN(c2ccc(C(N)=O)cn2)CC1. The van der Waals surface area contributed by atoms with E-state index < -0.39 is 5.91 Å². The predicted molar refractivity (Wildman–Crippen MR) is 71.4 cm³/mol. The molecule has 1 aromatic heterocycles. The van der Waals surface area contributed by atoms with Crippen molar-refractivity contribution in [1.29, 1.82) is 0 Å². The number of rotatable bonds is 4. The van der Waals surface area contributed by atoms with E-state index in [4.69, 9.17) is 11.5 Å². The highest BCUT2D eigenvalue weighted by Crippen LogP contribution is 2.23. The number of carbonyl (C=O) groups is 1. The second kappa shape index (κ2) is 5.82. The quantitative estimate of drug-likeness (QED) is 0.823. The Balaban J connectivity index is 1.95. The van der Waals surface area contributed by atoms with Gasteiger partial charge in [0.2, 0.25) is 5.91 Å². The molecule has 1 saturated heterocycles. The van der Waals surface area contributed by atoms with Crippen molar-refractivity contribution >= 4 is 11.7 Å². The van der Waals surface area contributed by atoms with Crippen LogP contribution < -0.4 is 16.4 Å². The van der Waals surface area contributed by atoms with Gasteiger partial charge in [-0.2, -0.15) is 0 Å². The Kier molecular flexibility index (Phi) is 4.15. The summed E-state index contributed by atoms with van der Waals surface area (Å²) >= 11 is 0. The van der Waals surface area contributed by atoms with Gasteiger partial charge >= 0.3 is 0 Å². The zero-order valence-electron chi connectivity index (χ0n) is 10.5. The van der Waals surface area contributed by atoms with Crippen molar-refractivity contribution < 1.29 is 4.79 Å². The van der Waals surface area contributed by atoms with Crippen LogP contribution in [0.2, 0.25) is 0 Å². The fourth-order valence-electron chi connectivity index (χ4n) is 2.41. The molecule has 0 spiro atoms. The van der Waals surface area contributed by atoms with Gasteiger partial charge in [0.1, 0.15) is 5.82 Å². The van der Waals surface area contributed by atoms with Crippen molar-refractivity contribution in [2.75, 3.05) is 24.5 Å². The predicted octanol–water partition coefficient (Wildman–Crippen LogP) is 0.746. The van der Waals surface area contributed by atoms with E-state index in [-0.39, 0.29) is 0 Å². The minimum absolute atomic E-state index is 0.435. The molecule has 18 heavy (non-hydrogen) atoms. The van der Waals surface area contributed by atoms with Crippen LogP contribution in [0.25, 0.3) is 0 Å². The number of carbonyl (C=O) groups excluding carboxylic acids is 1. The first-order valence-electron chi connectivity index (χ1n) is 6.41. The van der Waals surface area contributed by atoms with Gasteiger partial charge in [0, 0.05) is 19.3 Å². The van der Waals surface area contributed by atoms with Gasteiger partial charge in [-0.15, -0.1) is 0 Å². The molecule has 0 unspecified atom stereocenters. The minimum Gasteiger partial charge on any atom is -0.366 e. The zero-order valence-corrected chi connectivity index (χ0v) is 10.5. The van der Waals surface area contributed by atoms with Crippen molar-refractivity contribution in [2.24, 2.45) is 17.4 Å². The summed E-state index contributed by atoms with van der Waals surface area (Å²) in [7, 11) is 0. The molecule has 1 aliphatic rings. The Morgan fingerprint density at radius 3 is 2.61 bits per heavy atom. The monoisotopic (exact) mass is 248 g/mol. The van der Waals surface area contributed by atoms with Gasteiger partial charge in [-0.1, -0.05) is 0 Å². The van der Waals surface area contributed by atoms with E-state index in [9.17, 15) is 4.79 Å². The average Bonchev–Trinajstić information content (AvgIpc) is 2.40. The first kappa shape index (κ1) is 12.8. The number of primary amides is 1. The maximum absolute atomic E-state index is 11.0. The molecule has 1 amide bonds. The van der Waals surface area contributed by atoms with E-state index >= 15 is 0 Å². The van der Waals surface area contributed by atoms with Gasteiger partial charge in [0.05, 0.1) is 5.56 Å². The van der Waals surface area contributed by atoms with Crippen molar-refractivity contribution in [3.05, 3.63) is 23.9 Å². The van der Waals surface area contributed by atoms with E-state index in [0.29, 0.717) is 5.56 Å². The van der Waals surface area contributed by atoms with Crippen LogP contribution in [0, 0.1) is 5.92 Å². The van der Waals surface area contributed by atoms with Gasteiger partial charge in [0.15, 0.2) is 0 Å². The fourth-order valence-corrected chi connectivity index (χ4v) is 2.41. The number of pyridine rings is 1. The van der Waals surface area contributed by atoms with E-state index in [0.717, 1.165) is 50.6 Å². The molecule has 0 saturated carbocycles. The van der Waals surface area contributed by atoms with Crippen LogP contribution >= 0.6 is 0 Å². The second-order valence-corrected chi connectivity index (χ2v) is 4.78. The van der Waals surface area contributed by atoms with Gasteiger partial charge in [-0.3, -0.25) is 4.79 Å². The smallest absolute Gasteiger partial charge is 0.250 e. The summed E-state index contributed by atoms with van der Waals surface area (Å²) in [6.07, 6.45) is 4.98. The minimum atomic E-state index is -0.435. The number of piperidine rings is 1. The van der Waals surface area contributed by atoms with Crippen molar-refractivity contribution in [1.82, 2.24) is 4.98 Å². The fraction of sp³-hybridized carbons (Fsp3) is 0.538. The summed E-state index contributed by atoms with van der Waals surface area (Å²) < 4.78 is 0. The van der Waals surface area contributed by atoms with Crippen LogP contribution in [-0.2, 0) is 0 Å². The summed E-state index contributed by atoms with van der Waals surface area (Å²) in [5.74, 6) is 1.23. The lowest BCUT2D eigenvalue weighted by Crippen LogP contribution is -2.34. The number of nitrogens with zero attached hydrogens (tertiary/aromatic N) is 2. The number of amides is 1. The number of hydrogen-bond acceptors (Lipinski definition) is 4. The van der Waals surface area contributed by atoms with Gasteiger partial charge < -0.3 is 16.4 Å². The van der Waals surface area contributed by atoms with Crippen LogP contribution in [0.15, 0.2) is 18.3 Å². The van der Waals surface area contributed by atoms with E-state index in [2.05, 4.69) is 9.88 Å². The topological polar surface area (TPSA) is 85.2 Å². The van der Waals surface area contributed by atoms with E-state index in [1.807, 2.05) is 6.07 Å². The lowest BCUT2D eigenvalue weighted by atomic mass is 9.94. The molecule has 1 aliphatic heterocycles. The highest BCUT2D eigenvalue weighted by molar-refractivity contribution is 5.92. The maximum Gasteiger partial charge on any atom is 0.250 e. The molecule has 0 radical (unpaired) electrons. The molecule has 2 rings (SSSR count). The third kappa shape index (κ3) is 2.98. The Morgan fingerprint density at radius 1 is 1.39 bits per heavy atom. The third-order valence-corrected chi connectivity index (χ3v) is 3.55. The lowest BCUT2D eigenvalue weighted by molar-refractivity contribution is 0.1000. The molecule has 98 valence electrons. The summed E-state index contributed by atoms with van der Waals surface area (Å²) in [4.78, 5) is 17.5. The summed E-state index contributed by atoms with van der Waals surface area (Å²) in [5, 5.41) is 0. The van der Waals surface area contributed by atoms with Gasteiger partial charge in [-0.25, -0.2) is 4.98 Å². The van der Waals surface area contributed by atoms with Crippen molar-refractivity contribution in [3.8, 4) is 0 Å². The maximum atomic E-state index is 11.0. The molecular formula is C13H20N4O. The standard InChI is InChI=1S/C13H20N4O/c14-6-3-10-4-7-17(8-5-10)12-2-1-11(9-16-12)13(15)18/h1-2,9-10H,3-8,14H2,(H2,15,18). The molecular weight excluding hydrogens is 228 g/mol. The van der Waals surface area contributed by atoms with Crippen molar-refractivity contribution in [3.63, 3.8) is 0 Å². The Hall–Kier alpha value is -1.62. The first-order valence-corrected chi connectivity index (χ1v) is 6.41. The highest BCUT2D eigenvalue weighted by atomic mass is 16.1. The molecule has 5 nitrogen and oxygen atoms in total. The largest absolute Gasteiger partial charge is 0.366 e. The molecule has 0 aliphatic carbocycles. The molecule has 5 heteroatoms. The van der Waals surface area contributed by atoms with Gasteiger partial charge in [-0.05, 0) is 43.9 Å². The normalized spacial score (nSPS) is 16.8. The van der Waals surface area contributed by atoms with E-state index in [1.165, 1.54) is 0 Å². The van der Waals surface area contributed by atoms with E-state index in [1.54, 1.807) is 12.3 Å². The van der Waals surface area contributed by atoms with Crippen molar-refractivity contribution in [2.45, 2.75) is 19.3 Å². The number of anilines is 1. The Labute approximate surface area is 107 Å². The van der Waals surface area contributed by atoms with Crippen LogP contribution in [0.5, 0.6) is 0 Å². The molecule has 0 bridgehead atoms. The molecule has 0 aromatic carbocycles. The zero-order chi connectivity index (χ0) is 13.0. The molecule has 4 N–H and O–H groups in total. The van der Waals surface area contributed by atoms with Crippen LogP contribution in [-0.4, -0.2) is 30.5 Å². The van der Waals surface area contributed by atoms with Crippen LogP contribution in [0.3, 0.4) is 0 Å². The lowest BCUT2D eigenvalue weighted by Gasteiger charge is -2.32. The number of nitrogens with two attached hydrogens (primary N) is 2. The summed E-state index contributed by atoms with van der Waals surface area (Å²) in [5.41, 5.74) is 11.2. The first-order chi connectivity index (χ1) is 8.70. The molecule has 1 fully saturated rings. The number of aromatic nitrogens is 1. The summed E-state index contributed by atoms with van der Waals surface area (Å²) in [6, 6.07) is 3.60. The average molecular weight is 248 g/mol. The third-order valence-electron chi connectivity index (χ3n) is 3.55. The number of hydrogen-bond donors (Lipinski definition) is 2. The second-order valence-electron chi connectivity index (χ2n) is 4.78. The molecule has 0 atom stereocenters. The summed E-state index contributed by atoms with van der Waals surface area (Å²) in [6.45, 7) is 2.79. The molecule has 1 aromatic rings.